The van der Waals surface area contributed by atoms with Crippen molar-refractivity contribution in [2.24, 2.45) is 16.8 Å². The fourth-order valence-electron chi connectivity index (χ4n) is 3.51. The second-order valence-corrected chi connectivity index (χ2v) is 8.88. The topological polar surface area (TPSA) is 71.1 Å². The summed E-state index contributed by atoms with van der Waals surface area (Å²) in [7, 11) is 0. The minimum atomic E-state index is -3.45. The number of ether oxygens (including phenoxy) is 1. The minimum absolute atomic E-state index is 0.105. The molecule has 8 heteroatoms. The van der Waals surface area contributed by atoms with E-state index in [1.54, 1.807) is 42.6 Å². The molecule has 0 spiro atoms. The molecule has 2 unspecified atom stereocenters. The molecule has 2 aromatic carbocycles. The van der Waals surface area contributed by atoms with Crippen LogP contribution in [0.3, 0.4) is 0 Å². The first-order valence-corrected chi connectivity index (χ1v) is 11.8. The number of nitrogens with two attached hydrogens (primary N) is 1. The fourth-order valence-corrected chi connectivity index (χ4v) is 3.51. The quantitative estimate of drug-likeness (QED) is 0.297. The molecule has 36 heavy (non-hydrogen) atoms. The number of benzene rings is 2. The van der Waals surface area contributed by atoms with E-state index in [9.17, 15) is 13.9 Å². The highest BCUT2D eigenvalue weighted by molar-refractivity contribution is 5.83. The summed E-state index contributed by atoms with van der Waals surface area (Å²) in [5, 5.41) is 16.0. The molecule has 0 bridgehead atoms. The molecule has 2 aromatic rings. The molecule has 0 aromatic heterocycles. The number of allylic oxidation sites excluding steroid dienone is 3. The Hall–Kier alpha value is -3.52. The van der Waals surface area contributed by atoms with Gasteiger partial charge in [0.2, 0.25) is 0 Å². The normalized spacial score (nSPS) is 16.1. The van der Waals surface area contributed by atoms with Gasteiger partial charge in [-0.3, -0.25) is 0 Å². The summed E-state index contributed by atoms with van der Waals surface area (Å²) in [6, 6.07) is 10.7. The summed E-state index contributed by atoms with van der Waals surface area (Å²) >= 11 is 0. The third-order valence-corrected chi connectivity index (χ3v) is 6.11. The van der Waals surface area contributed by atoms with Gasteiger partial charge >= 0.3 is 0 Å². The molecule has 3 rings (SSSR count). The van der Waals surface area contributed by atoms with Gasteiger partial charge in [0.15, 0.2) is 11.6 Å². The first-order valence-electron chi connectivity index (χ1n) is 11.8. The van der Waals surface area contributed by atoms with E-state index in [1.165, 1.54) is 23.2 Å². The van der Waals surface area contributed by atoms with Gasteiger partial charge in [0.05, 0.1) is 12.3 Å². The molecule has 1 heterocycles. The van der Waals surface area contributed by atoms with E-state index in [1.807, 2.05) is 20.8 Å². The molecule has 1 aliphatic rings. The number of aryl methyl sites for hydroxylation is 1. The van der Waals surface area contributed by atoms with E-state index in [4.69, 9.17) is 10.5 Å². The van der Waals surface area contributed by atoms with Crippen LogP contribution in [0, 0.1) is 18.7 Å². The number of amidine groups is 1. The largest absolute Gasteiger partial charge is 0.490 e. The van der Waals surface area contributed by atoms with Crippen LogP contribution in [0.15, 0.2) is 78.2 Å². The van der Waals surface area contributed by atoms with Gasteiger partial charge in [-0.25, -0.2) is 18.2 Å². The predicted molar refractivity (Wildman–Crippen MR) is 137 cm³/mol. The first-order chi connectivity index (χ1) is 17.0. The Bertz CT molecular complexity index is 1170. The number of aliphatic hydroxyl groups is 1. The van der Waals surface area contributed by atoms with E-state index < -0.39 is 30.9 Å². The fraction of sp³-hybridized carbons (Fsp3) is 0.321. The van der Waals surface area contributed by atoms with Crippen LogP contribution in [-0.2, 0) is 0 Å². The summed E-state index contributed by atoms with van der Waals surface area (Å²) in [6.07, 6.45) is 3.02. The lowest BCUT2D eigenvalue weighted by Gasteiger charge is -2.23. The third-order valence-electron chi connectivity index (χ3n) is 6.11. The van der Waals surface area contributed by atoms with Crippen molar-refractivity contribution in [2.75, 3.05) is 6.61 Å². The molecule has 192 valence electrons. The standard InChI is InChI=1S/C28H32F3N3O2/c1-5-19(3)27(32)33-34-15-13-22(17-20(34)4)23-7-6-8-24(25(23)29)36-16-14-28(30,31)26(35)21-11-9-18(2)10-12-21/h6-13,15,17,19,26,35H,4-5,14,16H2,1-3H3,(H2,32,33). The Balaban J connectivity index is 1.67. The van der Waals surface area contributed by atoms with Crippen molar-refractivity contribution in [3.63, 3.8) is 0 Å². The Morgan fingerprint density at radius 3 is 2.56 bits per heavy atom. The van der Waals surface area contributed by atoms with E-state index in [0.717, 1.165) is 12.0 Å². The molecule has 1 aliphatic heterocycles. The lowest BCUT2D eigenvalue weighted by molar-refractivity contribution is -0.120. The van der Waals surface area contributed by atoms with Gasteiger partial charge in [-0.1, -0.05) is 62.4 Å². The van der Waals surface area contributed by atoms with Crippen molar-refractivity contribution in [1.82, 2.24) is 5.01 Å². The summed E-state index contributed by atoms with van der Waals surface area (Å²) in [4.78, 5) is 0. The van der Waals surface area contributed by atoms with Crippen molar-refractivity contribution in [3.05, 3.63) is 95.6 Å². The number of hydrogen-bond acceptors (Lipinski definition) is 4. The summed E-state index contributed by atoms with van der Waals surface area (Å²) in [6.45, 7) is 9.29. The second-order valence-electron chi connectivity index (χ2n) is 8.88. The van der Waals surface area contributed by atoms with E-state index in [0.29, 0.717) is 17.1 Å². The molecule has 0 saturated heterocycles. The van der Waals surface area contributed by atoms with Crippen molar-refractivity contribution in [2.45, 2.75) is 45.6 Å². The average Bonchev–Trinajstić information content (AvgIpc) is 2.85. The average molecular weight is 500 g/mol. The molecule has 0 saturated carbocycles. The number of aliphatic hydroxyl groups excluding tert-OH is 1. The highest BCUT2D eigenvalue weighted by Crippen LogP contribution is 2.35. The highest BCUT2D eigenvalue weighted by atomic mass is 19.3. The van der Waals surface area contributed by atoms with Crippen LogP contribution in [0.4, 0.5) is 13.2 Å². The van der Waals surface area contributed by atoms with Crippen molar-refractivity contribution < 1.29 is 23.0 Å². The van der Waals surface area contributed by atoms with Crippen LogP contribution in [0.1, 0.15) is 49.5 Å². The zero-order valence-corrected chi connectivity index (χ0v) is 20.7. The number of rotatable bonds is 10. The smallest absolute Gasteiger partial charge is 0.280 e. The molecule has 3 N–H and O–H groups in total. The van der Waals surface area contributed by atoms with Gasteiger partial charge in [0.25, 0.3) is 5.92 Å². The maximum absolute atomic E-state index is 15.2. The molecule has 2 atom stereocenters. The number of nitrogens with zero attached hydrogens (tertiary/aromatic N) is 2. The summed E-state index contributed by atoms with van der Waals surface area (Å²) in [5.41, 5.74) is 8.27. The predicted octanol–water partition coefficient (Wildman–Crippen LogP) is 6.32. The van der Waals surface area contributed by atoms with Crippen LogP contribution in [-0.4, -0.2) is 28.5 Å². The molecule has 0 aliphatic carbocycles. The maximum Gasteiger partial charge on any atom is 0.280 e. The number of halogens is 3. The van der Waals surface area contributed by atoms with Crippen LogP contribution >= 0.6 is 0 Å². The van der Waals surface area contributed by atoms with Gasteiger partial charge in [-0.2, -0.15) is 5.10 Å². The zero-order valence-electron chi connectivity index (χ0n) is 20.7. The van der Waals surface area contributed by atoms with Crippen LogP contribution in [0.5, 0.6) is 5.75 Å². The highest BCUT2D eigenvalue weighted by Gasteiger charge is 2.39. The Kier molecular flexibility index (Phi) is 8.63. The monoisotopic (exact) mass is 499 g/mol. The lowest BCUT2D eigenvalue weighted by atomic mass is 10.0. The van der Waals surface area contributed by atoms with Crippen LogP contribution < -0.4 is 10.5 Å². The zero-order chi connectivity index (χ0) is 26.5. The SMILES string of the molecule is C=C1C=C(c2cccc(OCCC(F)(F)C(O)c3ccc(C)cc3)c2F)C=CN1/N=C(/N)C(C)CC. The molecular weight excluding hydrogens is 467 g/mol. The van der Waals surface area contributed by atoms with Gasteiger partial charge < -0.3 is 15.6 Å². The van der Waals surface area contributed by atoms with Crippen LogP contribution in [0.25, 0.3) is 5.57 Å². The molecular formula is C28H32F3N3O2. The van der Waals surface area contributed by atoms with Gasteiger partial charge in [0, 0.05) is 24.1 Å². The second kappa shape index (κ2) is 11.5. The van der Waals surface area contributed by atoms with E-state index in [2.05, 4.69) is 11.7 Å². The molecule has 0 amide bonds. The van der Waals surface area contributed by atoms with Crippen LogP contribution in [0.2, 0.25) is 0 Å². The Morgan fingerprint density at radius 2 is 1.92 bits per heavy atom. The molecule has 0 fully saturated rings. The number of hydrogen-bond donors (Lipinski definition) is 2. The summed E-state index contributed by atoms with van der Waals surface area (Å²) in [5.74, 6) is -3.72. The van der Waals surface area contributed by atoms with Gasteiger partial charge in [-0.05, 0) is 42.7 Å². The molecule has 0 radical (unpaired) electrons. The van der Waals surface area contributed by atoms with Gasteiger partial charge in [0.1, 0.15) is 11.9 Å². The molecule has 5 nitrogen and oxygen atoms in total. The summed E-state index contributed by atoms with van der Waals surface area (Å²) < 4.78 is 49.6. The van der Waals surface area contributed by atoms with Crippen molar-refractivity contribution in [3.8, 4) is 5.75 Å². The van der Waals surface area contributed by atoms with Crippen molar-refractivity contribution >= 4 is 11.4 Å². The lowest BCUT2D eigenvalue weighted by Crippen LogP contribution is -2.28. The number of alkyl halides is 2. The number of hydrazone groups is 1. The van der Waals surface area contributed by atoms with Crippen molar-refractivity contribution in [1.29, 1.82) is 0 Å². The minimum Gasteiger partial charge on any atom is -0.490 e. The van der Waals surface area contributed by atoms with E-state index in [-0.39, 0.29) is 22.8 Å². The first kappa shape index (κ1) is 27.1. The van der Waals surface area contributed by atoms with Gasteiger partial charge in [-0.15, -0.1) is 0 Å². The van der Waals surface area contributed by atoms with E-state index >= 15 is 4.39 Å². The Morgan fingerprint density at radius 1 is 1.22 bits per heavy atom. The third kappa shape index (κ3) is 6.37. The Labute approximate surface area is 210 Å². The maximum atomic E-state index is 15.2.